The number of carbonyl (C=O) groups is 1. The number of amides is 1. The number of aromatic nitrogens is 3. The van der Waals surface area contributed by atoms with Crippen molar-refractivity contribution in [3.05, 3.63) is 65.9 Å². The Morgan fingerprint density at radius 2 is 1.87 bits per heavy atom. The van der Waals surface area contributed by atoms with Gasteiger partial charge in [0.2, 0.25) is 10.1 Å². The van der Waals surface area contributed by atoms with E-state index in [1.165, 1.54) is 16.9 Å². The van der Waals surface area contributed by atoms with E-state index in [1.54, 1.807) is 18.3 Å². The Labute approximate surface area is 184 Å². The van der Waals surface area contributed by atoms with Crippen molar-refractivity contribution in [3.8, 4) is 11.3 Å². The molecule has 0 saturated heterocycles. The Morgan fingerprint density at radius 1 is 1.13 bits per heavy atom. The Balaban J connectivity index is 1.46. The van der Waals surface area contributed by atoms with Gasteiger partial charge in [0.1, 0.15) is 0 Å². The quantitative estimate of drug-likeness (QED) is 0.393. The summed E-state index contributed by atoms with van der Waals surface area (Å²) in [6.45, 7) is 0.828. The average Bonchev–Trinajstić information content (AvgIpc) is 3.37. The van der Waals surface area contributed by atoms with E-state index in [2.05, 4.69) is 49.9 Å². The first-order valence-electron chi connectivity index (χ1n) is 9.89. The first-order valence-corrected chi connectivity index (χ1v) is 10.7. The first-order chi connectivity index (χ1) is 15.0. The summed E-state index contributed by atoms with van der Waals surface area (Å²) in [5.41, 5.74) is 4.66. The molecule has 0 unspecified atom stereocenters. The second-order valence-corrected chi connectivity index (χ2v) is 8.17. The molecule has 0 aliphatic carbocycles. The van der Waals surface area contributed by atoms with Gasteiger partial charge in [-0.25, -0.2) is 9.50 Å². The van der Waals surface area contributed by atoms with Crippen LogP contribution in [0.4, 0.5) is 10.8 Å². The number of benzene rings is 2. The highest BCUT2D eigenvalue weighted by Crippen LogP contribution is 2.26. The van der Waals surface area contributed by atoms with Crippen LogP contribution in [0, 0.1) is 0 Å². The van der Waals surface area contributed by atoms with E-state index in [-0.39, 0.29) is 19.1 Å². The van der Waals surface area contributed by atoms with Crippen molar-refractivity contribution in [2.75, 3.05) is 37.5 Å². The van der Waals surface area contributed by atoms with Crippen molar-refractivity contribution in [3.63, 3.8) is 0 Å². The minimum Gasteiger partial charge on any atom is -0.395 e. The molecule has 2 aromatic carbocycles. The summed E-state index contributed by atoms with van der Waals surface area (Å²) >= 11 is 1.49. The van der Waals surface area contributed by atoms with Crippen LogP contribution in [0.3, 0.4) is 0 Å². The number of carbonyl (C=O) groups excluding carboxylic acids is 1. The molecule has 2 heterocycles. The zero-order chi connectivity index (χ0) is 21.8. The number of hydrogen-bond donors (Lipinski definition) is 3. The molecule has 4 rings (SSSR count). The van der Waals surface area contributed by atoms with E-state index in [4.69, 9.17) is 5.11 Å². The van der Waals surface area contributed by atoms with E-state index in [0.29, 0.717) is 12.1 Å². The number of aliphatic hydroxyl groups is 1. The zero-order valence-electron chi connectivity index (χ0n) is 17.4. The number of nitrogens with zero attached hydrogens (tertiary/aromatic N) is 4. The van der Waals surface area contributed by atoms with Gasteiger partial charge in [0.25, 0.3) is 5.91 Å². The molecule has 31 heavy (non-hydrogen) atoms. The highest BCUT2D eigenvalue weighted by atomic mass is 32.1. The Kier molecular flexibility index (Phi) is 6.15. The molecule has 3 N–H and O–H groups in total. The Bertz CT molecular complexity index is 1170. The van der Waals surface area contributed by atoms with Gasteiger partial charge in [-0.05, 0) is 29.8 Å². The Morgan fingerprint density at radius 3 is 2.55 bits per heavy atom. The normalized spacial score (nSPS) is 10.9. The number of aliphatic hydroxyl groups excluding tert-OH is 1. The zero-order valence-corrected chi connectivity index (χ0v) is 18.2. The molecule has 0 atom stereocenters. The number of fused-ring (bicyclic) bond motifs is 1. The summed E-state index contributed by atoms with van der Waals surface area (Å²) in [7, 11) is 4.05. The van der Waals surface area contributed by atoms with Crippen molar-refractivity contribution in [2.45, 2.75) is 6.54 Å². The Hall–Kier alpha value is -3.43. The van der Waals surface area contributed by atoms with Crippen LogP contribution in [0.15, 0.2) is 54.7 Å². The second-order valence-electron chi connectivity index (χ2n) is 7.22. The first kappa shape index (κ1) is 20.8. The molecule has 0 aliphatic heterocycles. The topological polar surface area (TPSA) is 94.8 Å². The molecule has 0 bridgehead atoms. The van der Waals surface area contributed by atoms with Gasteiger partial charge in [-0.1, -0.05) is 35.6 Å². The molecular weight excluding hydrogens is 412 g/mol. The van der Waals surface area contributed by atoms with Crippen molar-refractivity contribution >= 4 is 33.0 Å². The molecule has 0 spiro atoms. The van der Waals surface area contributed by atoms with Crippen LogP contribution in [-0.2, 0) is 6.54 Å². The lowest BCUT2D eigenvalue weighted by atomic mass is 10.1. The van der Waals surface area contributed by atoms with E-state index in [1.807, 2.05) is 30.7 Å². The molecule has 160 valence electrons. The summed E-state index contributed by atoms with van der Waals surface area (Å²) in [5, 5.41) is 20.3. The van der Waals surface area contributed by atoms with Crippen LogP contribution in [0.25, 0.3) is 16.2 Å². The maximum atomic E-state index is 12.0. The molecule has 0 saturated carbocycles. The lowest BCUT2D eigenvalue weighted by Crippen LogP contribution is -2.26. The van der Waals surface area contributed by atoms with Crippen LogP contribution in [-0.4, -0.2) is 52.9 Å². The van der Waals surface area contributed by atoms with Crippen LogP contribution in [0.2, 0.25) is 0 Å². The molecule has 0 radical (unpaired) electrons. The SMILES string of the molecule is CN(C)c1ccc(CNc2nn3c(-c4ccc(C(=O)NCCO)cc4)cnc3s2)cc1. The second kappa shape index (κ2) is 9.15. The van der Waals surface area contributed by atoms with Gasteiger partial charge in [-0.15, -0.1) is 5.10 Å². The van der Waals surface area contributed by atoms with Gasteiger partial charge >= 0.3 is 0 Å². The maximum Gasteiger partial charge on any atom is 0.251 e. The largest absolute Gasteiger partial charge is 0.395 e. The van der Waals surface area contributed by atoms with E-state index in [9.17, 15) is 4.79 Å². The molecule has 9 heteroatoms. The monoisotopic (exact) mass is 436 g/mol. The molecule has 4 aromatic rings. The number of hydrogen-bond acceptors (Lipinski definition) is 7. The fraction of sp³-hybridized carbons (Fsp3) is 0.227. The molecule has 8 nitrogen and oxygen atoms in total. The molecule has 2 aromatic heterocycles. The van der Waals surface area contributed by atoms with Gasteiger partial charge in [0, 0.05) is 44.0 Å². The van der Waals surface area contributed by atoms with Gasteiger partial charge in [0.05, 0.1) is 18.5 Å². The number of imidazole rings is 1. The summed E-state index contributed by atoms with van der Waals surface area (Å²) < 4.78 is 1.81. The van der Waals surface area contributed by atoms with Crippen LogP contribution < -0.4 is 15.5 Å². The fourth-order valence-electron chi connectivity index (χ4n) is 3.11. The van der Waals surface area contributed by atoms with Crippen LogP contribution in [0.1, 0.15) is 15.9 Å². The van der Waals surface area contributed by atoms with Crippen molar-refractivity contribution in [1.82, 2.24) is 19.9 Å². The van der Waals surface area contributed by atoms with Gasteiger partial charge < -0.3 is 20.6 Å². The highest BCUT2D eigenvalue weighted by Gasteiger charge is 2.12. The van der Waals surface area contributed by atoms with Crippen LogP contribution in [0.5, 0.6) is 0 Å². The smallest absolute Gasteiger partial charge is 0.251 e. The van der Waals surface area contributed by atoms with Gasteiger partial charge in [-0.3, -0.25) is 4.79 Å². The van der Waals surface area contributed by atoms with Crippen molar-refractivity contribution < 1.29 is 9.90 Å². The standard InChI is InChI=1S/C22H24N6O2S/c1-27(2)18-9-3-15(4-10-18)13-24-21-26-28-19(14-25-22(28)31-21)16-5-7-17(8-6-16)20(30)23-11-12-29/h3-10,14,29H,11-13H2,1-2H3,(H,23,30)(H,24,26). The predicted octanol–water partition coefficient (Wildman–Crippen LogP) is 2.86. The van der Waals surface area contributed by atoms with E-state index in [0.717, 1.165) is 27.0 Å². The number of nitrogens with one attached hydrogen (secondary N) is 2. The predicted molar refractivity (Wildman–Crippen MR) is 124 cm³/mol. The van der Waals surface area contributed by atoms with Crippen molar-refractivity contribution in [1.29, 1.82) is 0 Å². The third kappa shape index (κ3) is 4.68. The maximum absolute atomic E-state index is 12.0. The summed E-state index contributed by atoms with van der Waals surface area (Å²) in [4.78, 5) is 19.3. The lowest BCUT2D eigenvalue weighted by Gasteiger charge is -2.12. The van der Waals surface area contributed by atoms with Gasteiger partial charge in [0.15, 0.2) is 0 Å². The fourth-order valence-corrected chi connectivity index (χ4v) is 3.89. The molecule has 0 aliphatic rings. The van der Waals surface area contributed by atoms with E-state index < -0.39 is 0 Å². The van der Waals surface area contributed by atoms with Crippen LogP contribution >= 0.6 is 11.3 Å². The number of rotatable bonds is 8. The summed E-state index contributed by atoms with van der Waals surface area (Å²) in [5.74, 6) is -0.210. The molecule has 1 amide bonds. The number of anilines is 2. The third-order valence-electron chi connectivity index (χ3n) is 4.82. The molecule has 0 fully saturated rings. The summed E-state index contributed by atoms with van der Waals surface area (Å²) in [6, 6.07) is 15.6. The van der Waals surface area contributed by atoms with Crippen molar-refractivity contribution in [2.24, 2.45) is 0 Å². The van der Waals surface area contributed by atoms with E-state index >= 15 is 0 Å². The minimum atomic E-state index is -0.210. The minimum absolute atomic E-state index is 0.0841. The average molecular weight is 437 g/mol. The highest BCUT2D eigenvalue weighted by molar-refractivity contribution is 7.20. The lowest BCUT2D eigenvalue weighted by molar-refractivity contribution is 0.0945. The third-order valence-corrected chi connectivity index (χ3v) is 5.70. The molecular formula is C22H24N6O2S. The van der Waals surface area contributed by atoms with Gasteiger partial charge in [-0.2, -0.15) is 0 Å². The summed E-state index contributed by atoms with van der Waals surface area (Å²) in [6.07, 6.45) is 1.78.